The van der Waals surface area contributed by atoms with Gasteiger partial charge in [-0.2, -0.15) is 0 Å². The summed E-state index contributed by atoms with van der Waals surface area (Å²) in [6, 6.07) is 0. The van der Waals surface area contributed by atoms with Crippen molar-refractivity contribution in [1.82, 2.24) is 4.90 Å². The van der Waals surface area contributed by atoms with Crippen molar-refractivity contribution in [3.8, 4) is 0 Å². The molecule has 3 unspecified atom stereocenters. The molecule has 1 saturated heterocycles. The third-order valence-corrected chi connectivity index (χ3v) is 5.98. The van der Waals surface area contributed by atoms with Gasteiger partial charge in [-0.15, -0.1) is 0 Å². The highest BCUT2D eigenvalue weighted by atomic mass is 15.2. The maximum Gasteiger partial charge on any atom is 0.0334 e. The van der Waals surface area contributed by atoms with Crippen LogP contribution in [0.2, 0.25) is 0 Å². The first-order valence-electron chi connectivity index (χ1n) is 8.06. The first-order valence-corrected chi connectivity index (χ1v) is 8.06. The molecule has 0 aromatic heterocycles. The van der Waals surface area contributed by atoms with Gasteiger partial charge in [-0.3, -0.25) is 4.90 Å². The molecule has 18 heavy (non-hydrogen) atoms. The van der Waals surface area contributed by atoms with Crippen LogP contribution in [0.1, 0.15) is 59.3 Å². The van der Waals surface area contributed by atoms with E-state index in [0.717, 1.165) is 24.3 Å². The van der Waals surface area contributed by atoms with Gasteiger partial charge in [0.15, 0.2) is 0 Å². The molecule has 2 heteroatoms. The molecule has 1 aliphatic carbocycles. The van der Waals surface area contributed by atoms with Crippen molar-refractivity contribution in [3.05, 3.63) is 0 Å². The average Bonchev–Trinajstić information content (AvgIpc) is 2.42. The zero-order valence-electron chi connectivity index (χ0n) is 12.6. The van der Waals surface area contributed by atoms with Crippen LogP contribution in [0.25, 0.3) is 0 Å². The fourth-order valence-corrected chi connectivity index (χ4v) is 4.10. The molecule has 0 spiro atoms. The van der Waals surface area contributed by atoms with E-state index in [1.807, 2.05) is 0 Å². The fourth-order valence-electron chi connectivity index (χ4n) is 4.10. The zero-order valence-corrected chi connectivity index (χ0v) is 12.6. The topological polar surface area (TPSA) is 29.3 Å². The molecular formula is C16H32N2. The van der Waals surface area contributed by atoms with E-state index >= 15 is 0 Å². The first-order chi connectivity index (χ1) is 8.61. The molecule has 2 N–H and O–H groups in total. The summed E-state index contributed by atoms with van der Waals surface area (Å²) in [5.41, 5.74) is 6.54. The van der Waals surface area contributed by atoms with E-state index in [1.165, 1.54) is 51.6 Å². The standard InChI is InChI=1S/C16H32N2/c1-4-15-6-9-18(10-7-15)16(12-17)8-5-13(2)14(3)11-16/h13-15H,4-12,17H2,1-3H3. The molecule has 0 aromatic rings. The average molecular weight is 252 g/mol. The number of nitrogens with zero attached hydrogens (tertiary/aromatic N) is 1. The Hall–Kier alpha value is -0.0800. The molecular weight excluding hydrogens is 220 g/mol. The van der Waals surface area contributed by atoms with Crippen molar-refractivity contribution < 1.29 is 0 Å². The van der Waals surface area contributed by atoms with Gasteiger partial charge in [0.25, 0.3) is 0 Å². The highest BCUT2D eigenvalue weighted by molar-refractivity contribution is 4.98. The minimum Gasteiger partial charge on any atom is -0.329 e. The molecule has 0 aromatic carbocycles. The zero-order chi connectivity index (χ0) is 13.2. The molecule has 2 aliphatic rings. The third kappa shape index (κ3) is 2.75. The highest BCUT2D eigenvalue weighted by Gasteiger charge is 2.42. The Labute approximate surface area is 113 Å². The largest absolute Gasteiger partial charge is 0.329 e. The highest BCUT2D eigenvalue weighted by Crippen LogP contribution is 2.41. The van der Waals surface area contributed by atoms with E-state index < -0.39 is 0 Å². The lowest BCUT2D eigenvalue weighted by atomic mass is 9.69. The van der Waals surface area contributed by atoms with Gasteiger partial charge in [0, 0.05) is 12.1 Å². The SMILES string of the molecule is CCC1CCN(C2(CN)CCC(C)C(C)C2)CC1. The van der Waals surface area contributed by atoms with Crippen molar-refractivity contribution in [2.24, 2.45) is 23.5 Å². The molecule has 1 saturated carbocycles. The van der Waals surface area contributed by atoms with Gasteiger partial charge in [-0.1, -0.05) is 27.2 Å². The lowest BCUT2D eigenvalue weighted by Crippen LogP contribution is -2.59. The molecule has 3 atom stereocenters. The van der Waals surface area contributed by atoms with E-state index in [9.17, 15) is 0 Å². The maximum absolute atomic E-state index is 6.20. The number of likely N-dealkylation sites (tertiary alicyclic amines) is 1. The molecule has 2 fully saturated rings. The summed E-state index contributed by atoms with van der Waals surface area (Å²) in [4.78, 5) is 2.75. The van der Waals surface area contributed by atoms with Crippen molar-refractivity contribution >= 4 is 0 Å². The van der Waals surface area contributed by atoms with E-state index in [0.29, 0.717) is 5.54 Å². The second-order valence-corrected chi connectivity index (χ2v) is 6.96. The lowest BCUT2D eigenvalue weighted by molar-refractivity contribution is -0.00151. The van der Waals surface area contributed by atoms with Crippen molar-refractivity contribution in [3.63, 3.8) is 0 Å². The van der Waals surface area contributed by atoms with Gasteiger partial charge < -0.3 is 5.73 Å². The monoisotopic (exact) mass is 252 g/mol. The number of nitrogens with two attached hydrogens (primary N) is 1. The van der Waals surface area contributed by atoms with E-state index in [4.69, 9.17) is 5.73 Å². The second-order valence-electron chi connectivity index (χ2n) is 6.96. The summed E-state index contributed by atoms with van der Waals surface area (Å²) in [5.74, 6) is 2.69. The Balaban J connectivity index is 2.00. The minimum atomic E-state index is 0.338. The van der Waals surface area contributed by atoms with Crippen LogP contribution in [0.3, 0.4) is 0 Å². The van der Waals surface area contributed by atoms with Gasteiger partial charge in [-0.05, 0) is 62.9 Å². The van der Waals surface area contributed by atoms with Gasteiger partial charge in [0.05, 0.1) is 0 Å². The van der Waals surface area contributed by atoms with E-state index in [-0.39, 0.29) is 0 Å². The number of hydrogen-bond donors (Lipinski definition) is 1. The summed E-state index contributed by atoms with van der Waals surface area (Å²) in [7, 11) is 0. The minimum absolute atomic E-state index is 0.338. The van der Waals surface area contributed by atoms with Crippen LogP contribution in [0.5, 0.6) is 0 Å². The fraction of sp³-hybridized carbons (Fsp3) is 1.00. The summed E-state index contributed by atoms with van der Waals surface area (Å²) in [6.45, 7) is 10.6. The van der Waals surface area contributed by atoms with Gasteiger partial charge in [-0.25, -0.2) is 0 Å². The van der Waals surface area contributed by atoms with Crippen LogP contribution in [-0.2, 0) is 0 Å². The quantitative estimate of drug-likeness (QED) is 0.835. The van der Waals surface area contributed by atoms with Gasteiger partial charge in [0.2, 0.25) is 0 Å². The number of rotatable bonds is 3. The molecule has 1 heterocycles. The van der Waals surface area contributed by atoms with Crippen molar-refractivity contribution in [2.75, 3.05) is 19.6 Å². The van der Waals surface area contributed by atoms with Gasteiger partial charge >= 0.3 is 0 Å². The first kappa shape index (κ1) is 14.3. The Morgan fingerprint density at radius 1 is 1.11 bits per heavy atom. The predicted molar refractivity (Wildman–Crippen MR) is 78.6 cm³/mol. The summed E-state index contributed by atoms with van der Waals surface area (Å²) >= 11 is 0. The second kappa shape index (κ2) is 5.92. The Bertz CT molecular complexity index is 258. The molecule has 0 amide bonds. The summed E-state index contributed by atoms with van der Waals surface area (Å²) < 4.78 is 0. The molecule has 0 bridgehead atoms. The summed E-state index contributed by atoms with van der Waals surface area (Å²) in [5, 5.41) is 0. The van der Waals surface area contributed by atoms with Crippen LogP contribution in [-0.4, -0.2) is 30.1 Å². The summed E-state index contributed by atoms with van der Waals surface area (Å²) in [6.07, 6.45) is 8.15. The Morgan fingerprint density at radius 3 is 2.28 bits per heavy atom. The van der Waals surface area contributed by atoms with Crippen molar-refractivity contribution in [2.45, 2.75) is 64.8 Å². The van der Waals surface area contributed by atoms with E-state index in [1.54, 1.807) is 0 Å². The lowest BCUT2D eigenvalue weighted by Gasteiger charge is -2.51. The number of piperidine rings is 1. The molecule has 2 rings (SSSR count). The van der Waals surface area contributed by atoms with Crippen LogP contribution < -0.4 is 5.73 Å². The molecule has 1 aliphatic heterocycles. The molecule has 0 radical (unpaired) electrons. The number of hydrogen-bond acceptors (Lipinski definition) is 2. The molecule has 2 nitrogen and oxygen atoms in total. The van der Waals surface area contributed by atoms with Crippen LogP contribution in [0.15, 0.2) is 0 Å². The third-order valence-electron chi connectivity index (χ3n) is 5.98. The van der Waals surface area contributed by atoms with Crippen LogP contribution in [0.4, 0.5) is 0 Å². The maximum atomic E-state index is 6.20. The van der Waals surface area contributed by atoms with Crippen LogP contribution >= 0.6 is 0 Å². The predicted octanol–water partition coefficient (Wildman–Crippen LogP) is 3.26. The van der Waals surface area contributed by atoms with Gasteiger partial charge in [0.1, 0.15) is 0 Å². The Morgan fingerprint density at radius 2 is 1.78 bits per heavy atom. The van der Waals surface area contributed by atoms with E-state index in [2.05, 4.69) is 25.7 Å². The van der Waals surface area contributed by atoms with Crippen LogP contribution in [0, 0.1) is 17.8 Å². The normalized spacial score (nSPS) is 40.0. The molecule has 106 valence electrons. The Kier molecular flexibility index (Phi) is 4.71. The smallest absolute Gasteiger partial charge is 0.0334 e. The van der Waals surface area contributed by atoms with Crippen molar-refractivity contribution in [1.29, 1.82) is 0 Å².